The summed E-state index contributed by atoms with van der Waals surface area (Å²) in [5.74, 6) is -0.558. The van der Waals surface area contributed by atoms with Gasteiger partial charge < -0.3 is 15.8 Å². The minimum Gasteiger partial charge on any atom is -0.465 e. The van der Waals surface area contributed by atoms with Gasteiger partial charge in [-0.1, -0.05) is 0 Å². The lowest BCUT2D eigenvalue weighted by Gasteiger charge is -2.05. The van der Waals surface area contributed by atoms with Crippen LogP contribution in [-0.2, 0) is 9.53 Å². The number of aryl methyl sites for hydroxylation is 1. The van der Waals surface area contributed by atoms with Gasteiger partial charge in [0, 0.05) is 11.3 Å². The van der Waals surface area contributed by atoms with E-state index >= 15 is 0 Å². The van der Waals surface area contributed by atoms with Crippen molar-refractivity contribution in [3.8, 4) is 0 Å². The number of hydrogen-bond donors (Lipinski definition) is 2. The lowest BCUT2D eigenvalue weighted by atomic mass is 10.1. The van der Waals surface area contributed by atoms with Crippen molar-refractivity contribution >= 4 is 28.2 Å². The van der Waals surface area contributed by atoms with Crippen LogP contribution in [0.3, 0.4) is 0 Å². The zero-order valence-electron chi connectivity index (χ0n) is 10.8. The van der Waals surface area contributed by atoms with Gasteiger partial charge in [-0.15, -0.1) is 11.3 Å². The van der Waals surface area contributed by atoms with Gasteiger partial charge in [-0.05, 0) is 32.4 Å². The summed E-state index contributed by atoms with van der Waals surface area (Å²) in [6, 6.07) is 0. The van der Waals surface area contributed by atoms with Crippen molar-refractivity contribution in [3.63, 3.8) is 0 Å². The molecule has 0 saturated carbocycles. The number of carbonyl (C=O) groups is 2. The molecule has 6 heteroatoms. The van der Waals surface area contributed by atoms with Gasteiger partial charge in [-0.25, -0.2) is 4.79 Å². The van der Waals surface area contributed by atoms with Crippen LogP contribution in [0.15, 0.2) is 0 Å². The van der Waals surface area contributed by atoms with E-state index in [-0.39, 0.29) is 5.91 Å². The molecule has 0 saturated heterocycles. The molecule has 1 aromatic rings. The molecule has 0 radical (unpaired) electrons. The number of anilines is 1. The van der Waals surface area contributed by atoms with E-state index in [1.807, 2.05) is 13.8 Å². The molecule has 0 aromatic carbocycles. The van der Waals surface area contributed by atoms with Crippen molar-refractivity contribution in [2.24, 2.45) is 5.73 Å². The van der Waals surface area contributed by atoms with E-state index in [2.05, 4.69) is 5.32 Å². The van der Waals surface area contributed by atoms with E-state index in [0.29, 0.717) is 30.0 Å². The van der Waals surface area contributed by atoms with Crippen LogP contribution in [0.5, 0.6) is 0 Å². The van der Waals surface area contributed by atoms with Gasteiger partial charge in [0.15, 0.2) is 0 Å². The number of ether oxygens (including phenoxy) is 1. The Labute approximate surface area is 110 Å². The normalized spacial score (nSPS) is 10.2. The quantitative estimate of drug-likeness (QED) is 0.800. The van der Waals surface area contributed by atoms with E-state index in [1.54, 1.807) is 0 Å². The van der Waals surface area contributed by atoms with Crippen molar-refractivity contribution < 1.29 is 14.3 Å². The standard InChI is InChI=1S/C12H18N2O3S/c1-7-8(2)18-11(10(7)12(16)17-3)14-9(15)5-4-6-13/h4-6,13H2,1-3H3,(H,14,15). The molecule has 0 fully saturated rings. The van der Waals surface area contributed by atoms with Crippen LogP contribution >= 0.6 is 11.3 Å². The van der Waals surface area contributed by atoms with Gasteiger partial charge in [0.25, 0.3) is 0 Å². The smallest absolute Gasteiger partial charge is 0.341 e. The lowest BCUT2D eigenvalue weighted by Crippen LogP contribution is -2.15. The van der Waals surface area contributed by atoms with Crippen LogP contribution in [0.4, 0.5) is 5.00 Å². The molecule has 1 aromatic heterocycles. The summed E-state index contributed by atoms with van der Waals surface area (Å²) in [4.78, 5) is 24.3. The molecule has 5 nitrogen and oxygen atoms in total. The predicted molar refractivity (Wildman–Crippen MR) is 72.1 cm³/mol. The Balaban J connectivity index is 2.91. The van der Waals surface area contributed by atoms with E-state index in [4.69, 9.17) is 10.5 Å². The molecule has 3 N–H and O–H groups in total. The maximum Gasteiger partial charge on any atom is 0.341 e. The highest BCUT2D eigenvalue weighted by molar-refractivity contribution is 7.16. The summed E-state index contributed by atoms with van der Waals surface area (Å²) in [5.41, 5.74) is 6.64. The maximum atomic E-state index is 11.7. The fraction of sp³-hybridized carbons (Fsp3) is 0.500. The topological polar surface area (TPSA) is 81.4 Å². The van der Waals surface area contributed by atoms with Gasteiger partial charge >= 0.3 is 5.97 Å². The minimum absolute atomic E-state index is 0.133. The maximum absolute atomic E-state index is 11.7. The summed E-state index contributed by atoms with van der Waals surface area (Å²) < 4.78 is 4.73. The van der Waals surface area contributed by atoms with Crippen molar-refractivity contribution in [3.05, 3.63) is 16.0 Å². The van der Waals surface area contributed by atoms with Crippen LogP contribution < -0.4 is 11.1 Å². The second kappa shape index (κ2) is 6.51. The molecule has 100 valence electrons. The summed E-state index contributed by atoms with van der Waals surface area (Å²) >= 11 is 1.38. The number of hydrogen-bond acceptors (Lipinski definition) is 5. The number of rotatable bonds is 5. The fourth-order valence-electron chi connectivity index (χ4n) is 1.51. The van der Waals surface area contributed by atoms with Gasteiger partial charge in [-0.2, -0.15) is 0 Å². The second-order valence-electron chi connectivity index (χ2n) is 3.92. The Morgan fingerprint density at radius 3 is 2.61 bits per heavy atom. The highest BCUT2D eigenvalue weighted by Gasteiger charge is 2.21. The van der Waals surface area contributed by atoms with Crippen LogP contribution in [-0.4, -0.2) is 25.5 Å². The molecule has 0 unspecified atom stereocenters. The van der Waals surface area contributed by atoms with E-state index in [9.17, 15) is 9.59 Å². The Hall–Kier alpha value is -1.40. The van der Waals surface area contributed by atoms with Crippen LogP contribution in [0.2, 0.25) is 0 Å². The molecule has 1 heterocycles. The third-order valence-corrected chi connectivity index (χ3v) is 3.76. The van der Waals surface area contributed by atoms with Crippen LogP contribution in [0.25, 0.3) is 0 Å². The van der Waals surface area contributed by atoms with E-state index in [1.165, 1.54) is 18.4 Å². The molecule has 1 amide bonds. The Kier molecular flexibility index (Phi) is 5.30. The summed E-state index contributed by atoms with van der Waals surface area (Å²) in [6.45, 7) is 4.22. The van der Waals surface area contributed by atoms with E-state index in [0.717, 1.165) is 10.4 Å². The van der Waals surface area contributed by atoms with Gasteiger partial charge in [-0.3, -0.25) is 4.79 Å². The Morgan fingerprint density at radius 2 is 2.06 bits per heavy atom. The highest BCUT2D eigenvalue weighted by Crippen LogP contribution is 2.32. The SMILES string of the molecule is COC(=O)c1c(NC(=O)CCCN)sc(C)c1C. The average molecular weight is 270 g/mol. The zero-order valence-corrected chi connectivity index (χ0v) is 11.6. The first-order chi connectivity index (χ1) is 8.51. The molecular weight excluding hydrogens is 252 g/mol. The molecular formula is C12H18N2O3S. The van der Waals surface area contributed by atoms with Crippen LogP contribution in [0, 0.1) is 13.8 Å². The number of methoxy groups -OCH3 is 1. The van der Waals surface area contributed by atoms with Crippen LogP contribution in [0.1, 0.15) is 33.6 Å². The molecule has 0 aliphatic rings. The number of nitrogens with one attached hydrogen (secondary N) is 1. The van der Waals surface area contributed by atoms with Crippen molar-refractivity contribution in [2.45, 2.75) is 26.7 Å². The monoisotopic (exact) mass is 270 g/mol. The first-order valence-electron chi connectivity index (χ1n) is 5.69. The fourth-order valence-corrected chi connectivity index (χ4v) is 2.58. The number of amides is 1. The molecule has 0 aliphatic carbocycles. The lowest BCUT2D eigenvalue weighted by molar-refractivity contribution is -0.116. The highest BCUT2D eigenvalue weighted by atomic mass is 32.1. The van der Waals surface area contributed by atoms with Crippen molar-refractivity contribution in [1.82, 2.24) is 0 Å². The van der Waals surface area contributed by atoms with Gasteiger partial charge in [0.2, 0.25) is 5.91 Å². The number of esters is 1. The third kappa shape index (κ3) is 3.30. The molecule has 0 aliphatic heterocycles. The Bertz CT molecular complexity index is 454. The second-order valence-corrected chi connectivity index (χ2v) is 5.14. The summed E-state index contributed by atoms with van der Waals surface area (Å²) in [5, 5.41) is 3.30. The largest absolute Gasteiger partial charge is 0.465 e. The molecule has 1 rings (SSSR count). The third-order valence-electron chi connectivity index (χ3n) is 2.64. The Morgan fingerprint density at radius 1 is 1.39 bits per heavy atom. The summed E-state index contributed by atoms with van der Waals surface area (Å²) in [6.07, 6.45) is 0.982. The molecule has 0 bridgehead atoms. The van der Waals surface area contributed by atoms with E-state index < -0.39 is 5.97 Å². The summed E-state index contributed by atoms with van der Waals surface area (Å²) in [7, 11) is 1.33. The van der Waals surface area contributed by atoms with Crippen molar-refractivity contribution in [2.75, 3.05) is 19.0 Å². The van der Waals surface area contributed by atoms with Gasteiger partial charge in [0.05, 0.1) is 12.7 Å². The number of thiophene rings is 1. The molecule has 0 atom stereocenters. The number of carbonyl (C=O) groups excluding carboxylic acids is 2. The molecule has 0 spiro atoms. The predicted octanol–water partition coefficient (Wildman–Crippen LogP) is 1.83. The first-order valence-corrected chi connectivity index (χ1v) is 6.51. The zero-order chi connectivity index (χ0) is 13.7. The molecule has 18 heavy (non-hydrogen) atoms. The van der Waals surface area contributed by atoms with Gasteiger partial charge in [0.1, 0.15) is 5.00 Å². The van der Waals surface area contributed by atoms with Crippen molar-refractivity contribution in [1.29, 1.82) is 0 Å². The number of nitrogens with two attached hydrogens (primary N) is 1. The average Bonchev–Trinajstić information content (AvgIpc) is 2.61. The minimum atomic E-state index is -0.425. The first kappa shape index (κ1) is 14.7.